The van der Waals surface area contributed by atoms with Crippen molar-refractivity contribution in [2.75, 3.05) is 6.61 Å². The van der Waals surface area contributed by atoms with E-state index in [9.17, 15) is 0 Å². The van der Waals surface area contributed by atoms with Crippen LogP contribution < -0.4 is 4.74 Å². The van der Waals surface area contributed by atoms with Gasteiger partial charge in [-0.3, -0.25) is 0 Å². The van der Waals surface area contributed by atoms with Crippen LogP contribution in [0.1, 0.15) is 45.4 Å². The lowest BCUT2D eigenvalue weighted by Gasteiger charge is -2.03. The van der Waals surface area contributed by atoms with Crippen molar-refractivity contribution in [3.05, 3.63) is 18.5 Å². The first-order valence-electron chi connectivity index (χ1n) is 5.69. The van der Waals surface area contributed by atoms with E-state index in [0.29, 0.717) is 0 Å². The molecule has 2 heteroatoms. The van der Waals surface area contributed by atoms with Crippen LogP contribution in [-0.2, 0) is 0 Å². The first kappa shape index (κ1) is 11.2. The average Bonchev–Trinajstić information content (AvgIpc) is 2.69. The van der Waals surface area contributed by atoms with E-state index in [4.69, 9.17) is 4.74 Å². The Hall–Kier alpha value is -0.920. The highest BCUT2D eigenvalue weighted by Crippen LogP contribution is 2.09. The van der Waals surface area contributed by atoms with Crippen molar-refractivity contribution < 1.29 is 4.74 Å². The Morgan fingerprint density at radius 3 is 2.64 bits per heavy atom. The van der Waals surface area contributed by atoms with Crippen LogP contribution in [0.4, 0.5) is 0 Å². The van der Waals surface area contributed by atoms with E-state index in [1.807, 2.05) is 18.5 Å². The number of nitrogens with one attached hydrogen (secondary N) is 1. The van der Waals surface area contributed by atoms with Crippen molar-refractivity contribution in [3.63, 3.8) is 0 Å². The summed E-state index contributed by atoms with van der Waals surface area (Å²) in [5.41, 5.74) is 0. The number of aromatic amines is 1. The minimum absolute atomic E-state index is 0.851. The van der Waals surface area contributed by atoms with Crippen LogP contribution in [0.25, 0.3) is 0 Å². The summed E-state index contributed by atoms with van der Waals surface area (Å²) < 4.78 is 5.52. The molecule has 0 aliphatic carbocycles. The fourth-order valence-electron chi connectivity index (χ4n) is 1.47. The second kappa shape index (κ2) is 7.48. The number of aromatic nitrogens is 1. The molecular formula is C12H21NO. The molecule has 1 aromatic rings. The lowest BCUT2D eigenvalue weighted by Crippen LogP contribution is -1.95. The number of hydrogen-bond acceptors (Lipinski definition) is 1. The van der Waals surface area contributed by atoms with Gasteiger partial charge in [0, 0.05) is 12.4 Å². The lowest BCUT2D eigenvalue weighted by atomic mass is 10.1. The van der Waals surface area contributed by atoms with E-state index >= 15 is 0 Å². The van der Waals surface area contributed by atoms with Gasteiger partial charge in [0.1, 0.15) is 5.75 Å². The van der Waals surface area contributed by atoms with Gasteiger partial charge in [0.05, 0.1) is 6.61 Å². The molecule has 0 aliphatic heterocycles. The predicted molar refractivity (Wildman–Crippen MR) is 59.7 cm³/mol. The lowest BCUT2D eigenvalue weighted by molar-refractivity contribution is 0.305. The Balaban J connectivity index is 1.85. The predicted octanol–water partition coefficient (Wildman–Crippen LogP) is 3.75. The zero-order valence-corrected chi connectivity index (χ0v) is 9.09. The summed E-state index contributed by atoms with van der Waals surface area (Å²) in [6.07, 6.45) is 11.7. The van der Waals surface area contributed by atoms with Gasteiger partial charge in [-0.15, -0.1) is 0 Å². The van der Waals surface area contributed by atoms with E-state index in [2.05, 4.69) is 11.9 Å². The van der Waals surface area contributed by atoms with Crippen LogP contribution >= 0.6 is 0 Å². The Morgan fingerprint density at radius 1 is 1.14 bits per heavy atom. The van der Waals surface area contributed by atoms with Crippen molar-refractivity contribution in [3.8, 4) is 5.75 Å². The molecule has 0 unspecified atom stereocenters. The van der Waals surface area contributed by atoms with Crippen LogP contribution in [-0.4, -0.2) is 11.6 Å². The van der Waals surface area contributed by atoms with Crippen LogP contribution in [0.2, 0.25) is 0 Å². The van der Waals surface area contributed by atoms with Gasteiger partial charge in [-0.2, -0.15) is 0 Å². The molecule has 1 rings (SSSR count). The third-order valence-corrected chi connectivity index (χ3v) is 2.34. The molecule has 1 aromatic heterocycles. The molecular weight excluding hydrogens is 174 g/mol. The van der Waals surface area contributed by atoms with E-state index in [-0.39, 0.29) is 0 Å². The molecule has 0 atom stereocenters. The number of H-pyrrole nitrogens is 1. The number of rotatable bonds is 8. The van der Waals surface area contributed by atoms with E-state index in [0.717, 1.165) is 12.4 Å². The molecule has 0 saturated carbocycles. The number of hydrogen-bond donors (Lipinski definition) is 1. The second-order valence-corrected chi connectivity index (χ2v) is 3.66. The standard InChI is InChI=1S/C12H21NO/c1-2-3-4-5-6-7-10-14-12-8-9-13-11-12/h8-9,11,13H,2-7,10H2,1H3. The molecule has 0 aliphatic rings. The quantitative estimate of drug-likeness (QED) is 0.628. The van der Waals surface area contributed by atoms with Gasteiger partial charge in [-0.1, -0.05) is 39.0 Å². The monoisotopic (exact) mass is 195 g/mol. The molecule has 0 radical (unpaired) electrons. The summed E-state index contributed by atoms with van der Waals surface area (Å²) in [6.45, 7) is 3.10. The van der Waals surface area contributed by atoms with Crippen LogP contribution in [0.15, 0.2) is 18.5 Å². The highest BCUT2D eigenvalue weighted by Gasteiger charge is 1.93. The van der Waals surface area contributed by atoms with Crippen LogP contribution in [0.5, 0.6) is 5.75 Å². The van der Waals surface area contributed by atoms with E-state index < -0.39 is 0 Å². The van der Waals surface area contributed by atoms with Crippen molar-refractivity contribution in [2.24, 2.45) is 0 Å². The molecule has 0 spiro atoms. The highest BCUT2D eigenvalue weighted by molar-refractivity contribution is 5.15. The summed E-state index contributed by atoms with van der Waals surface area (Å²) in [5.74, 6) is 0.957. The van der Waals surface area contributed by atoms with Crippen molar-refractivity contribution in [2.45, 2.75) is 45.4 Å². The van der Waals surface area contributed by atoms with Gasteiger partial charge in [0.15, 0.2) is 0 Å². The minimum atomic E-state index is 0.851. The van der Waals surface area contributed by atoms with Gasteiger partial charge in [0.2, 0.25) is 0 Å². The van der Waals surface area contributed by atoms with Gasteiger partial charge in [-0.05, 0) is 12.5 Å². The van der Waals surface area contributed by atoms with Crippen molar-refractivity contribution in [1.82, 2.24) is 4.98 Å². The number of unbranched alkanes of at least 4 members (excludes halogenated alkanes) is 5. The molecule has 2 nitrogen and oxygen atoms in total. The maximum atomic E-state index is 5.52. The summed E-state index contributed by atoms with van der Waals surface area (Å²) in [6, 6.07) is 1.96. The average molecular weight is 195 g/mol. The smallest absolute Gasteiger partial charge is 0.136 e. The summed E-state index contributed by atoms with van der Waals surface area (Å²) >= 11 is 0. The Morgan fingerprint density at radius 2 is 1.93 bits per heavy atom. The van der Waals surface area contributed by atoms with Gasteiger partial charge >= 0.3 is 0 Å². The third kappa shape index (κ3) is 4.95. The zero-order chi connectivity index (χ0) is 10.1. The molecule has 14 heavy (non-hydrogen) atoms. The third-order valence-electron chi connectivity index (χ3n) is 2.34. The molecule has 0 bridgehead atoms. The maximum Gasteiger partial charge on any atom is 0.136 e. The highest BCUT2D eigenvalue weighted by atomic mass is 16.5. The van der Waals surface area contributed by atoms with Crippen molar-refractivity contribution in [1.29, 1.82) is 0 Å². The molecule has 80 valence electrons. The minimum Gasteiger partial charge on any atom is -0.492 e. The largest absolute Gasteiger partial charge is 0.492 e. The topological polar surface area (TPSA) is 25.0 Å². The summed E-state index contributed by atoms with van der Waals surface area (Å²) in [7, 11) is 0. The molecule has 1 heterocycles. The van der Waals surface area contributed by atoms with Crippen molar-refractivity contribution >= 4 is 0 Å². The Kier molecular flexibility index (Phi) is 5.96. The van der Waals surface area contributed by atoms with E-state index in [1.54, 1.807) is 0 Å². The van der Waals surface area contributed by atoms with Crippen LogP contribution in [0, 0.1) is 0 Å². The molecule has 1 N–H and O–H groups in total. The Bertz CT molecular complexity index is 206. The Labute approximate surface area is 86.7 Å². The molecule has 0 saturated heterocycles. The van der Waals surface area contributed by atoms with Gasteiger partial charge < -0.3 is 9.72 Å². The molecule has 0 aromatic carbocycles. The first-order chi connectivity index (χ1) is 6.93. The van der Waals surface area contributed by atoms with E-state index in [1.165, 1.54) is 38.5 Å². The SMILES string of the molecule is CCCCCCCCOc1cc[nH]c1. The van der Waals surface area contributed by atoms with Crippen LogP contribution in [0.3, 0.4) is 0 Å². The fraction of sp³-hybridized carbons (Fsp3) is 0.667. The molecule has 0 amide bonds. The van der Waals surface area contributed by atoms with Gasteiger partial charge in [0.25, 0.3) is 0 Å². The number of ether oxygens (including phenoxy) is 1. The summed E-state index contributed by atoms with van der Waals surface area (Å²) in [5, 5.41) is 0. The normalized spacial score (nSPS) is 10.4. The summed E-state index contributed by atoms with van der Waals surface area (Å²) in [4.78, 5) is 2.97. The zero-order valence-electron chi connectivity index (χ0n) is 9.09. The first-order valence-corrected chi connectivity index (χ1v) is 5.69. The van der Waals surface area contributed by atoms with Gasteiger partial charge in [-0.25, -0.2) is 0 Å². The maximum absolute atomic E-state index is 5.52. The second-order valence-electron chi connectivity index (χ2n) is 3.66. The molecule has 0 fully saturated rings. The fourth-order valence-corrected chi connectivity index (χ4v) is 1.47.